The summed E-state index contributed by atoms with van der Waals surface area (Å²) in [5.41, 5.74) is 0. The van der Waals surface area contributed by atoms with Crippen LogP contribution in [0.25, 0.3) is 0 Å². The molecular weight excluding hydrogens is 284 g/mol. The zero-order chi connectivity index (χ0) is 15.1. The zero-order valence-corrected chi connectivity index (χ0v) is 14.7. The molecule has 122 valence electrons. The van der Waals surface area contributed by atoms with Gasteiger partial charge in [0.1, 0.15) is 0 Å². The van der Waals surface area contributed by atoms with Gasteiger partial charge in [-0.1, -0.05) is 19.3 Å². The van der Waals surface area contributed by atoms with Crippen LogP contribution in [0, 0.1) is 0 Å². The predicted octanol–water partition coefficient (Wildman–Crippen LogP) is 2.63. The Morgan fingerprint density at radius 3 is 2.29 bits per heavy atom. The van der Waals surface area contributed by atoms with E-state index in [0.29, 0.717) is 0 Å². The van der Waals surface area contributed by atoms with E-state index in [4.69, 9.17) is 13.3 Å². The molecule has 6 heteroatoms. The molecule has 0 aromatic rings. The van der Waals surface area contributed by atoms with Gasteiger partial charge in [-0.25, -0.2) is 0 Å². The summed E-state index contributed by atoms with van der Waals surface area (Å²) in [6.07, 6.45) is 12.4. The molecule has 0 bridgehead atoms. The molecule has 0 saturated heterocycles. The van der Waals surface area contributed by atoms with E-state index in [2.05, 4.69) is 22.2 Å². The Morgan fingerprint density at radius 1 is 1.00 bits per heavy atom. The Labute approximate surface area is 130 Å². The first-order valence-corrected chi connectivity index (χ1v) is 10.00. The molecule has 0 spiro atoms. The first kappa shape index (κ1) is 16.8. The smallest absolute Gasteiger partial charge is 0.377 e. The van der Waals surface area contributed by atoms with Gasteiger partial charge in [-0.3, -0.25) is 0 Å². The largest absolute Gasteiger partial charge is 0.500 e. The minimum Gasteiger partial charge on any atom is -0.377 e. The third-order valence-corrected chi connectivity index (χ3v) is 7.55. The van der Waals surface area contributed by atoms with E-state index in [-0.39, 0.29) is 0 Å². The van der Waals surface area contributed by atoms with Crippen molar-refractivity contribution in [1.82, 2.24) is 9.80 Å². The molecule has 1 saturated carbocycles. The van der Waals surface area contributed by atoms with E-state index in [1.807, 2.05) is 0 Å². The fraction of sp³-hybridized carbons (Fsp3) is 0.867. The second-order valence-corrected chi connectivity index (χ2v) is 9.05. The van der Waals surface area contributed by atoms with Crippen LogP contribution in [0.5, 0.6) is 0 Å². The van der Waals surface area contributed by atoms with Gasteiger partial charge in [-0.2, -0.15) is 0 Å². The van der Waals surface area contributed by atoms with Gasteiger partial charge in [0.05, 0.1) is 6.67 Å². The predicted molar refractivity (Wildman–Crippen MR) is 85.6 cm³/mol. The first-order valence-electron chi connectivity index (χ1n) is 8.06. The lowest BCUT2D eigenvalue weighted by Gasteiger charge is -2.32. The summed E-state index contributed by atoms with van der Waals surface area (Å²) < 4.78 is 16.4. The van der Waals surface area contributed by atoms with Crippen LogP contribution >= 0.6 is 0 Å². The monoisotopic (exact) mass is 314 g/mol. The molecule has 0 unspecified atom stereocenters. The summed E-state index contributed by atoms with van der Waals surface area (Å²) >= 11 is 0. The summed E-state index contributed by atoms with van der Waals surface area (Å²) in [6.45, 7) is 2.07. The van der Waals surface area contributed by atoms with E-state index >= 15 is 0 Å². The van der Waals surface area contributed by atoms with E-state index in [1.54, 1.807) is 21.3 Å². The standard InChI is InChI=1S/C15H30N2O3Si/c1-18-21(19-2,20-3)13-7-10-16-11-12-17(14-16)15-8-5-4-6-9-15/h11-12,15H,4-10,13-14H2,1-3H3. The van der Waals surface area contributed by atoms with Crippen molar-refractivity contribution in [2.75, 3.05) is 34.5 Å². The molecule has 2 rings (SSSR count). The van der Waals surface area contributed by atoms with E-state index in [9.17, 15) is 0 Å². The Kier molecular flexibility index (Phi) is 6.54. The number of nitrogens with zero attached hydrogens (tertiary/aromatic N) is 2. The van der Waals surface area contributed by atoms with Gasteiger partial charge < -0.3 is 23.1 Å². The molecule has 1 heterocycles. The van der Waals surface area contributed by atoms with Crippen LogP contribution in [-0.4, -0.2) is 59.2 Å². The summed E-state index contributed by atoms with van der Waals surface area (Å²) in [6, 6.07) is 1.62. The minimum absolute atomic E-state index is 0.755. The Bertz CT molecular complexity index is 323. The molecule has 0 aromatic heterocycles. The molecule has 5 nitrogen and oxygen atoms in total. The third kappa shape index (κ3) is 4.45. The van der Waals surface area contributed by atoms with Gasteiger partial charge in [-0.05, 0) is 19.3 Å². The van der Waals surface area contributed by atoms with Crippen molar-refractivity contribution in [2.24, 2.45) is 0 Å². The first-order chi connectivity index (χ1) is 10.2. The van der Waals surface area contributed by atoms with Gasteiger partial charge >= 0.3 is 8.80 Å². The highest BCUT2D eigenvalue weighted by Crippen LogP contribution is 2.25. The second-order valence-electron chi connectivity index (χ2n) is 5.96. The highest BCUT2D eigenvalue weighted by atomic mass is 28.4. The minimum atomic E-state index is -2.40. The van der Waals surface area contributed by atoms with Gasteiger partial charge in [0.25, 0.3) is 0 Å². The highest BCUT2D eigenvalue weighted by molar-refractivity contribution is 6.60. The maximum absolute atomic E-state index is 5.46. The van der Waals surface area contributed by atoms with Gasteiger partial charge in [0.2, 0.25) is 0 Å². The van der Waals surface area contributed by atoms with Crippen LogP contribution in [0.4, 0.5) is 0 Å². The molecule has 0 aromatic carbocycles. The van der Waals surface area contributed by atoms with E-state index in [0.717, 1.165) is 31.7 Å². The maximum atomic E-state index is 5.46. The van der Waals surface area contributed by atoms with Crippen molar-refractivity contribution >= 4 is 8.80 Å². The lowest BCUT2D eigenvalue weighted by atomic mass is 9.95. The van der Waals surface area contributed by atoms with Gasteiger partial charge in [0, 0.05) is 52.4 Å². The van der Waals surface area contributed by atoms with Crippen LogP contribution in [0.15, 0.2) is 12.4 Å². The molecule has 0 amide bonds. The van der Waals surface area contributed by atoms with Gasteiger partial charge in [-0.15, -0.1) is 0 Å². The number of hydrogen-bond acceptors (Lipinski definition) is 5. The summed E-state index contributed by atoms with van der Waals surface area (Å²) in [7, 11) is 2.64. The molecule has 0 N–H and O–H groups in total. The SMILES string of the molecule is CO[Si](CCCN1C=CN(C2CCCCC2)C1)(OC)OC. The number of rotatable bonds is 8. The van der Waals surface area contributed by atoms with Crippen LogP contribution in [0.3, 0.4) is 0 Å². The molecule has 1 aliphatic heterocycles. The topological polar surface area (TPSA) is 34.2 Å². The van der Waals surface area contributed by atoms with Crippen LogP contribution in [-0.2, 0) is 13.3 Å². The van der Waals surface area contributed by atoms with Crippen molar-refractivity contribution in [1.29, 1.82) is 0 Å². The summed E-state index contributed by atoms with van der Waals surface area (Å²) in [5, 5.41) is 0. The molecular formula is C15H30N2O3Si. The molecule has 0 radical (unpaired) electrons. The van der Waals surface area contributed by atoms with Gasteiger partial charge in [0.15, 0.2) is 0 Å². The molecule has 1 aliphatic carbocycles. The summed E-state index contributed by atoms with van der Waals surface area (Å²) in [5.74, 6) is 0. The van der Waals surface area contributed by atoms with Crippen molar-refractivity contribution < 1.29 is 13.3 Å². The maximum Gasteiger partial charge on any atom is 0.500 e. The van der Waals surface area contributed by atoms with Crippen molar-refractivity contribution in [3.05, 3.63) is 12.4 Å². The molecule has 2 aliphatic rings. The quantitative estimate of drug-likeness (QED) is 0.643. The fourth-order valence-corrected chi connectivity index (χ4v) is 5.04. The lowest BCUT2D eigenvalue weighted by Crippen LogP contribution is -2.43. The molecule has 21 heavy (non-hydrogen) atoms. The Hall–Kier alpha value is -0.563. The van der Waals surface area contributed by atoms with Crippen LogP contribution < -0.4 is 0 Å². The van der Waals surface area contributed by atoms with Crippen LogP contribution in [0.1, 0.15) is 38.5 Å². The van der Waals surface area contributed by atoms with E-state index < -0.39 is 8.80 Å². The average molecular weight is 315 g/mol. The van der Waals surface area contributed by atoms with Crippen LogP contribution in [0.2, 0.25) is 6.04 Å². The molecule has 0 atom stereocenters. The van der Waals surface area contributed by atoms with Crippen molar-refractivity contribution in [3.63, 3.8) is 0 Å². The number of hydrogen-bond donors (Lipinski definition) is 0. The normalized spacial score (nSPS) is 20.5. The second kappa shape index (κ2) is 8.17. The Morgan fingerprint density at radius 2 is 1.67 bits per heavy atom. The third-order valence-electron chi connectivity index (χ3n) is 4.72. The lowest BCUT2D eigenvalue weighted by molar-refractivity contribution is 0.121. The Balaban J connectivity index is 1.70. The highest BCUT2D eigenvalue weighted by Gasteiger charge is 2.37. The van der Waals surface area contributed by atoms with Crippen molar-refractivity contribution in [2.45, 2.75) is 50.6 Å². The van der Waals surface area contributed by atoms with Crippen molar-refractivity contribution in [3.8, 4) is 0 Å². The fourth-order valence-electron chi connectivity index (χ4n) is 3.33. The molecule has 1 fully saturated rings. The summed E-state index contributed by atoms with van der Waals surface area (Å²) in [4.78, 5) is 4.89. The zero-order valence-electron chi connectivity index (χ0n) is 13.7. The van der Waals surface area contributed by atoms with E-state index in [1.165, 1.54) is 32.1 Å². The average Bonchev–Trinajstić information content (AvgIpc) is 3.02.